The van der Waals surface area contributed by atoms with Gasteiger partial charge in [-0.2, -0.15) is 0 Å². The van der Waals surface area contributed by atoms with E-state index in [4.69, 9.17) is 10.7 Å². The highest BCUT2D eigenvalue weighted by atomic mass is 32.1. The van der Waals surface area contributed by atoms with Crippen molar-refractivity contribution in [3.05, 3.63) is 53.3 Å². The van der Waals surface area contributed by atoms with Gasteiger partial charge in [0, 0.05) is 40.3 Å². The van der Waals surface area contributed by atoms with Crippen molar-refractivity contribution in [2.24, 2.45) is 0 Å². The maximum absolute atomic E-state index is 5.77. The minimum Gasteiger partial charge on any atom is -0.399 e. The van der Waals surface area contributed by atoms with E-state index in [0.29, 0.717) is 0 Å². The van der Waals surface area contributed by atoms with Gasteiger partial charge in [-0.05, 0) is 30.5 Å². The van der Waals surface area contributed by atoms with E-state index in [9.17, 15) is 0 Å². The summed E-state index contributed by atoms with van der Waals surface area (Å²) in [4.78, 5) is 10.5. The number of imidazole rings is 1. The number of nitrogen functional groups attached to an aromatic ring is 1. The molecular formula is C17H14N4S. The summed E-state index contributed by atoms with van der Waals surface area (Å²) >= 11 is 1.80. The number of hydrogen-bond acceptors (Lipinski definition) is 3. The first kappa shape index (κ1) is 12.1. The quantitative estimate of drug-likeness (QED) is 0.526. The van der Waals surface area contributed by atoms with E-state index in [1.165, 1.54) is 21.7 Å². The van der Waals surface area contributed by atoms with E-state index in [-0.39, 0.29) is 0 Å². The number of fused-ring (bicyclic) bond motifs is 5. The highest BCUT2D eigenvalue weighted by Gasteiger charge is 2.23. The molecule has 0 fully saturated rings. The van der Waals surface area contributed by atoms with Crippen LogP contribution in [0.25, 0.3) is 27.5 Å². The number of anilines is 1. The van der Waals surface area contributed by atoms with Gasteiger partial charge in [0.25, 0.3) is 0 Å². The number of rotatable bonds is 1. The van der Waals surface area contributed by atoms with Gasteiger partial charge in [0.1, 0.15) is 0 Å². The first-order valence-corrected chi connectivity index (χ1v) is 8.14. The topological polar surface area (TPSA) is 59.1 Å². The fourth-order valence-electron chi connectivity index (χ4n) is 3.20. The number of hydrogen-bond donors (Lipinski definition) is 2. The largest absolute Gasteiger partial charge is 0.399 e. The van der Waals surface area contributed by atoms with Crippen LogP contribution in [0.1, 0.15) is 10.4 Å². The van der Waals surface area contributed by atoms with E-state index in [1.54, 1.807) is 11.3 Å². The van der Waals surface area contributed by atoms with Crippen molar-refractivity contribution in [3.63, 3.8) is 0 Å². The molecule has 5 rings (SSSR count). The summed E-state index contributed by atoms with van der Waals surface area (Å²) in [5.74, 6) is 0. The number of benzene rings is 1. The Morgan fingerprint density at radius 1 is 1.14 bits per heavy atom. The minimum absolute atomic E-state index is 0.777. The van der Waals surface area contributed by atoms with Gasteiger partial charge in [-0.15, -0.1) is 11.3 Å². The lowest BCUT2D eigenvalue weighted by Gasteiger charge is -2.11. The third kappa shape index (κ3) is 1.60. The average molecular weight is 306 g/mol. The Morgan fingerprint density at radius 3 is 2.86 bits per heavy atom. The highest BCUT2D eigenvalue weighted by molar-refractivity contribution is 7.17. The summed E-state index contributed by atoms with van der Waals surface area (Å²) in [7, 11) is 0. The van der Waals surface area contributed by atoms with Crippen LogP contribution in [0, 0.1) is 0 Å². The van der Waals surface area contributed by atoms with Gasteiger partial charge in [0.05, 0.1) is 11.4 Å². The van der Waals surface area contributed by atoms with Crippen LogP contribution in [0.2, 0.25) is 0 Å². The maximum atomic E-state index is 5.77. The van der Waals surface area contributed by atoms with Crippen LogP contribution in [0.4, 0.5) is 5.69 Å². The minimum atomic E-state index is 0.777. The molecule has 0 atom stereocenters. The molecule has 1 aliphatic rings. The lowest BCUT2D eigenvalue weighted by molar-refractivity contribution is 0.952. The Morgan fingerprint density at radius 2 is 2.00 bits per heavy atom. The smallest absolute Gasteiger partial charge is 0.194 e. The molecule has 0 unspecified atom stereocenters. The van der Waals surface area contributed by atoms with Crippen molar-refractivity contribution in [1.29, 1.82) is 0 Å². The lowest BCUT2D eigenvalue weighted by atomic mass is 9.98. The Hall–Kier alpha value is -2.53. The molecule has 22 heavy (non-hydrogen) atoms. The predicted octanol–water partition coefficient (Wildman–Crippen LogP) is 3.74. The summed E-state index contributed by atoms with van der Waals surface area (Å²) in [6.07, 6.45) is 8.56. The van der Waals surface area contributed by atoms with Crippen molar-refractivity contribution < 1.29 is 0 Å². The summed E-state index contributed by atoms with van der Waals surface area (Å²) in [6, 6.07) is 7.89. The number of nitrogens with zero attached hydrogens (tertiary/aromatic N) is 2. The predicted molar refractivity (Wildman–Crippen MR) is 90.1 cm³/mol. The number of aromatic nitrogens is 3. The SMILES string of the molecule is Nc1ccc(-c2cn3c4c(sc3n2)CCc2c[nH]cc2-4)cc1. The van der Waals surface area contributed by atoms with E-state index >= 15 is 0 Å². The first-order valence-electron chi connectivity index (χ1n) is 7.32. The molecule has 0 amide bonds. The van der Waals surface area contributed by atoms with Gasteiger partial charge in [0.15, 0.2) is 4.96 Å². The molecular weight excluding hydrogens is 292 g/mol. The lowest BCUT2D eigenvalue weighted by Crippen LogP contribution is -2.00. The number of aryl methyl sites for hydroxylation is 2. The summed E-state index contributed by atoms with van der Waals surface area (Å²) in [5, 5.41) is 0. The highest BCUT2D eigenvalue weighted by Crippen LogP contribution is 2.39. The second-order valence-corrected chi connectivity index (χ2v) is 6.73. The molecule has 3 N–H and O–H groups in total. The van der Waals surface area contributed by atoms with Crippen molar-refractivity contribution in [2.45, 2.75) is 12.8 Å². The molecule has 1 aliphatic carbocycles. The zero-order chi connectivity index (χ0) is 14.7. The molecule has 3 aromatic heterocycles. The van der Waals surface area contributed by atoms with Crippen molar-refractivity contribution in [2.75, 3.05) is 5.73 Å². The molecule has 0 aliphatic heterocycles. The zero-order valence-electron chi connectivity index (χ0n) is 11.8. The summed E-state index contributed by atoms with van der Waals surface area (Å²) < 4.78 is 2.23. The Bertz CT molecular complexity index is 988. The van der Waals surface area contributed by atoms with E-state index in [0.717, 1.165) is 34.7 Å². The first-order chi connectivity index (χ1) is 10.8. The molecule has 4 aromatic rings. The van der Waals surface area contributed by atoms with Gasteiger partial charge in [0.2, 0.25) is 0 Å². The van der Waals surface area contributed by atoms with Crippen LogP contribution in [-0.2, 0) is 12.8 Å². The fraction of sp³-hybridized carbons (Fsp3) is 0.118. The number of nitrogens with two attached hydrogens (primary N) is 1. The molecule has 0 saturated carbocycles. The van der Waals surface area contributed by atoms with Crippen molar-refractivity contribution in [3.8, 4) is 22.5 Å². The van der Waals surface area contributed by atoms with E-state index < -0.39 is 0 Å². The van der Waals surface area contributed by atoms with Crippen LogP contribution in [0.3, 0.4) is 0 Å². The summed E-state index contributed by atoms with van der Waals surface area (Å²) in [5.41, 5.74) is 12.7. The molecule has 0 bridgehead atoms. The second kappa shape index (κ2) is 4.24. The molecule has 0 radical (unpaired) electrons. The van der Waals surface area contributed by atoms with Crippen LogP contribution >= 0.6 is 11.3 Å². The van der Waals surface area contributed by atoms with Gasteiger partial charge in [-0.3, -0.25) is 4.40 Å². The van der Waals surface area contributed by atoms with Gasteiger partial charge < -0.3 is 10.7 Å². The monoisotopic (exact) mass is 306 g/mol. The average Bonchev–Trinajstić information content (AvgIpc) is 3.19. The van der Waals surface area contributed by atoms with Gasteiger partial charge in [-0.1, -0.05) is 12.1 Å². The Labute approximate surface area is 131 Å². The molecule has 0 saturated heterocycles. The maximum Gasteiger partial charge on any atom is 0.194 e. The summed E-state index contributed by atoms with van der Waals surface area (Å²) in [6.45, 7) is 0. The number of thiazole rings is 1. The molecule has 3 heterocycles. The van der Waals surface area contributed by atoms with E-state index in [2.05, 4.69) is 28.0 Å². The Balaban J connectivity index is 1.72. The third-order valence-corrected chi connectivity index (χ3v) is 5.42. The molecule has 5 heteroatoms. The zero-order valence-corrected chi connectivity index (χ0v) is 12.7. The van der Waals surface area contributed by atoms with Gasteiger partial charge >= 0.3 is 0 Å². The second-order valence-electron chi connectivity index (χ2n) is 5.67. The van der Waals surface area contributed by atoms with Crippen LogP contribution in [-0.4, -0.2) is 14.4 Å². The molecule has 0 spiro atoms. The van der Waals surface area contributed by atoms with Crippen LogP contribution < -0.4 is 5.73 Å². The van der Waals surface area contributed by atoms with Crippen molar-refractivity contribution in [1.82, 2.24) is 14.4 Å². The fourth-order valence-corrected chi connectivity index (χ4v) is 4.32. The standard InChI is InChI=1S/C17H14N4S/c18-12-4-1-10(2-5-12)14-9-21-16-13-8-19-7-11(13)3-6-15(16)22-17(21)20-14/h1-2,4-5,7-9,19H,3,6,18H2. The van der Waals surface area contributed by atoms with Gasteiger partial charge in [-0.25, -0.2) is 4.98 Å². The van der Waals surface area contributed by atoms with E-state index in [1.807, 2.05) is 24.3 Å². The molecule has 4 nitrogen and oxygen atoms in total. The van der Waals surface area contributed by atoms with Crippen LogP contribution in [0.15, 0.2) is 42.9 Å². The number of nitrogens with one attached hydrogen (secondary N) is 1. The number of H-pyrrole nitrogens is 1. The normalized spacial score (nSPS) is 13.3. The van der Waals surface area contributed by atoms with Crippen LogP contribution in [0.5, 0.6) is 0 Å². The number of aromatic amines is 1. The third-order valence-electron chi connectivity index (χ3n) is 4.31. The molecule has 108 valence electrons. The van der Waals surface area contributed by atoms with Crippen molar-refractivity contribution >= 4 is 22.0 Å². The molecule has 1 aromatic carbocycles. The Kier molecular flexibility index (Phi) is 2.32.